The second kappa shape index (κ2) is 7.76. The molecular formula is C21H28BrClSi. The first-order valence-electron chi connectivity index (χ1n) is 8.78. The fraction of sp³-hybridized carbons (Fsp3) is 0.429. The first-order valence-corrected chi connectivity index (χ1v) is 12.2. The van der Waals surface area contributed by atoms with Crippen molar-refractivity contribution in [3.05, 3.63) is 52.1 Å². The van der Waals surface area contributed by atoms with E-state index in [0.717, 1.165) is 10.6 Å². The maximum Gasteiger partial charge on any atom is 0.105 e. The van der Waals surface area contributed by atoms with E-state index in [4.69, 9.17) is 11.6 Å². The van der Waals surface area contributed by atoms with Crippen molar-refractivity contribution >= 4 is 51.4 Å². The summed E-state index contributed by atoms with van der Waals surface area (Å²) >= 11 is 11.0. The standard InChI is InChI=1S/C21H28BrClSi/c1-14(2)24(15(3)4,16(5)6)21(22)20(23)19-13-9-11-17-10-7-8-12-18(17)19/h7-16H,1-6H3/b21-20+. The molecule has 24 heavy (non-hydrogen) atoms. The third-order valence-corrected chi connectivity index (χ3v) is 15.4. The normalized spacial score (nSPS) is 14.0. The Morgan fingerprint density at radius 3 is 1.88 bits per heavy atom. The molecule has 0 radical (unpaired) electrons. The second-order valence-corrected chi connectivity index (χ2v) is 15.3. The van der Waals surface area contributed by atoms with Crippen LogP contribution in [0.25, 0.3) is 15.8 Å². The van der Waals surface area contributed by atoms with Gasteiger partial charge in [-0.2, -0.15) is 0 Å². The van der Waals surface area contributed by atoms with Gasteiger partial charge < -0.3 is 0 Å². The zero-order chi connectivity index (χ0) is 18.1. The third kappa shape index (κ3) is 3.25. The molecule has 0 fully saturated rings. The second-order valence-electron chi connectivity index (χ2n) is 7.55. The molecule has 0 aliphatic carbocycles. The van der Waals surface area contributed by atoms with Crippen molar-refractivity contribution in [1.29, 1.82) is 0 Å². The lowest BCUT2D eigenvalue weighted by Crippen LogP contribution is -2.45. The topological polar surface area (TPSA) is 0 Å². The Labute approximate surface area is 161 Å². The molecule has 0 atom stereocenters. The molecule has 130 valence electrons. The van der Waals surface area contributed by atoms with Crippen molar-refractivity contribution < 1.29 is 0 Å². The van der Waals surface area contributed by atoms with E-state index in [0.29, 0.717) is 16.6 Å². The molecule has 0 nitrogen and oxygen atoms in total. The molecule has 0 N–H and O–H groups in total. The van der Waals surface area contributed by atoms with Crippen LogP contribution in [0.2, 0.25) is 16.6 Å². The van der Waals surface area contributed by atoms with E-state index in [1.807, 2.05) is 0 Å². The predicted octanol–water partition coefficient (Wildman–Crippen LogP) is 8.36. The number of hydrogen-bond donors (Lipinski definition) is 0. The third-order valence-electron chi connectivity index (χ3n) is 5.47. The molecule has 0 saturated heterocycles. The Balaban J connectivity index is 2.76. The Bertz CT molecular complexity index is 719. The highest BCUT2D eigenvalue weighted by Gasteiger charge is 2.46. The van der Waals surface area contributed by atoms with Crippen molar-refractivity contribution in [3.63, 3.8) is 0 Å². The summed E-state index contributed by atoms with van der Waals surface area (Å²) in [6.07, 6.45) is 0. The van der Waals surface area contributed by atoms with E-state index in [9.17, 15) is 0 Å². The maximum absolute atomic E-state index is 7.02. The largest absolute Gasteiger partial charge is 0.105 e. The molecule has 0 bridgehead atoms. The first-order chi connectivity index (χ1) is 11.2. The fourth-order valence-corrected chi connectivity index (χ4v) is 15.5. The highest BCUT2D eigenvalue weighted by atomic mass is 79.9. The molecule has 0 amide bonds. The van der Waals surface area contributed by atoms with Crippen LogP contribution >= 0.6 is 27.5 Å². The summed E-state index contributed by atoms with van der Waals surface area (Å²) in [7, 11) is -1.80. The van der Waals surface area contributed by atoms with Gasteiger partial charge in [0.1, 0.15) is 8.07 Å². The molecule has 0 saturated carbocycles. The van der Waals surface area contributed by atoms with E-state index in [2.05, 4.69) is 99.9 Å². The Hall–Kier alpha value is -0.573. The summed E-state index contributed by atoms with van der Waals surface area (Å²) in [5.74, 6) is 0. The van der Waals surface area contributed by atoms with Crippen molar-refractivity contribution in [1.82, 2.24) is 0 Å². The van der Waals surface area contributed by atoms with Gasteiger partial charge in [0.15, 0.2) is 0 Å². The van der Waals surface area contributed by atoms with Gasteiger partial charge >= 0.3 is 0 Å². The molecule has 2 rings (SSSR count). The van der Waals surface area contributed by atoms with Crippen LogP contribution < -0.4 is 0 Å². The minimum absolute atomic E-state index is 0.621. The lowest BCUT2D eigenvalue weighted by atomic mass is 10.0. The minimum atomic E-state index is -1.80. The lowest BCUT2D eigenvalue weighted by Gasteiger charge is -2.43. The minimum Gasteiger partial charge on any atom is -0.0832 e. The fourth-order valence-electron chi connectivity index (χ4n) is 4.49. The SMILES string of the molecule is CC(C)[Si](/C(Br)=C(/Cl)c1cccc2ccccc12)(C(C)C)C(C)C. The van der Waals surface area contributed by atoms with Crippen molar-refractivity contribution in [2.75, 3.05) is 0 Å². The summed E-state index contributed by atoms with van der Waals surface area (Å²) < 4.78 is 1.27. The quantitative estimate of drug-likeness (QED) is 0.424. The average Bonchev–Trinajstić information content (AvgIpc) is 2.53. The van der Waals surface area contributed by atoms with Crippen LogP contribution in [0.15, 0.2) is 46.6 Å². The molecule has 2 aromatic rings. The van der Waals surface area contributed by atoms with Crippen LogP contribution in [-0.4, -0.2) is 8.07 Å². The molecule has 0 unspecified atom stereocenters. The lowest BCUT2D eigenvalue weighted by molar-refractivity contribution is 0.832. The van der Waals surface area contributed by atoms with Gasteiger partial charge in [0.05, 0.1) is 5.03 Å². The van der Waals surface area contributed by atoms with Gasteiger partial charge in [0.25, 0.3) is 0 Å². The summed E-state index contributed by atoms with van der Waals surface area (Å²) in [6, 6.07) is 14.9. The average molecular weight is 424 g/mol. The van der Waals surface area contributed by atoms with E-state index in [1.165, 1.54) is 14.9 Å². The van der Waals surface area contributed by atoms with Gasteiger partial charge in [-0.3, -0.25) is 0 Å². The van der Waals surface area contributed by atoms with Crippen LogP contribution in [0.4, 0.5) is 0 Å². The van der Waals surface area contributed by atoms with Crippen LogP contribution in [0.1, 0.15) is 47.1 Å². The summed E-state index contributed by atoms with van der Waals surface area (Å²) in [5.41, 5.74) is 3.00. The summed E-state index contributed by atoms with van der Waals surface area (Å²) in [4.78, 5) is 0. The van der Waals surface area contributed by atoms with Crippen molar-refractivity contribution in [2.45, 2.75) is 58.2 Å². The Morgan fingerprint density at radius 1 is 0.833 bits per heavy atom. The van der Waals surface area contributed by atoms with E-state index in [1.54, 1.807) is 0 Å². The Morgan fingerprint density at radius 2 is 1.33 bits per heavy atom. The summed E-state index contributed by atoms with van der Waals surface area (Å²) in [6.45, 7) is 14.2. The molecular weight excluding hydrogens is 396 g/mol. The van der Waals surface area contributed by atoms with Crippen LogP contribution in [-0.2, 0) is 0 Å². The Kier molecular flexibility index (Phi) is 6.38. The van der Waals surface area contributed by atoms with Crippen LogP contribution in [0.3, 0.4) is 0 Å². The maximum atomic E-state index is 7.02. The van der Waals surface area contributed by atoms with Gasteiger partial charge in [-0.1, -0.05) is 112 Å². The van der Waals surface area contributed by atoms with Gasteiger partial charge in [-0.05, 0) is 27.4 Å². The molecule has 0 aromatic heterocycles. The van der Waals surface area contributed by atoms with Crippen molar-refractivity contribution in [3.8, 4) is 0 Å². The van der Waals surface area contributed by atoms with Crippen LogP contribution in [0, 0.1) is 0 Å². The highest BCUT2D eigenvalue weighted by Crippen LogP contribution is 2.51. The zero-order valence-electron chi connectivity index (χ0n) is 15.5. The number of benzene rings is 2. The van der Waals surface area contributed by atoms with Gasteiger partial charge in [-0.25, -0.2) is 0 Å². The molecule has 0 spiro atoms. The van der Waals surface area contributed by atoms with E-state index in [-0.39, 0.29) is 0 Å². The monoisotopic (exact) mass is 422 g/mol. The van der Waals surface area contributed by atoms with E-state index >= 15 is 0 Å². The van der Waals surface area contributed by atoms with Gasteiger partial charge in [-0.15, -0.1) is 0 Å². The first kappa shape index (κ1) is 19.7. The van der Waals surface area contributed by atoms with Gasteiger partial charge in [0, 0.05) is 9.67 Å². The number of halogens is 2. The van der Waals surface area contributed by atoms with E-state index < -0.39 is 8.07 Å². The molecule has 0 heterocycles. The molecule has 0 aliphatic heterocycles. The van der Waals surface area contributed by atoms with Gasteiger partial charge in [0.2, 0.25) is 0 Å². The number of fused-ring (bicyclic) bond motifs is 1. The predicted molar refractivity (Wildman–Crippen MR) is 117 cm³/mol. The molecule has 2 aromatic carbocycles. The number of rotatable bonds is 5. The zero-order valence-corrected chi connectivity index (χ0v) is 18.9. The highest BCUT2D eigenvalue weighted by molar-refractivity contribution is 9.12. The van der Waals surface area contributed by atoms with Crippen LogP contribution in [0.5, 0.6) is 0 Å². The molecule has 3 heteroatoms. The summed E-state index contributed by atoms with van der Waals surface area (Å²) in [5, 5.41) is 3.36. The molecule has 0 aliphatic rings. The number of hydrogen-bond acceptors (Lipinski definition) is 0. The van der Waals surface area contributed by atoms with Crippen molar-refractivity contribution in [2.24, 2.45) is 0 Å². The smallest absolute Gasteiger partial charge is 0.0832 e.